The first-order valence-corrected chi connectivity index (χ1v) is 7.42. The molecule has 0 radical (unpaired) electrons. The van der Waals surface area contributed by atoms with E-state index in [0.29, 0.717) is 10.9 Å². The molecule has 0 heterocycles. The van der Waals surface area contributed by atoms with Gasteiger partial charge in [-0.05, 0) is 42.2 Å². The largest absolute Gasteiger partial charge is 0.312 e. The van der Waals surface area contributed by atoms with E-state index in [1.54, 1.807) is 6.07 Å². The number of halogens is 2. The van der Waals surface area contributed by atoms with Crippen molar-refractivity contribution < 1.29 is 0 Å². The minimum Gasteiger partial charge on any atom is -0.312 e. The lowest BCUT2D eigenvalue weighted by atomic mass is 10.2. The molecule has 1 N–H and O–H groups in total. The molecule has 0 spiro atoms. The maximum absolute atomic E-state index is 6.08. The highest BCUT2D eigenvalue weighted by Gasteiger charge is 2.03. The van der Waals surface area contributed by atoms with Crippen LogP contribution in [0.1, 0.15) is 12.5 Å². The van der Waals surface area contributed by atoms with Gasteiger partial charge in [0.15, 0.2) is 0 Å². The van der Waals surface area contributed by atoms with Crippen molar-refractivity contribution in [3.05, 3.63) is 33.8 Å². The highest BCUT2D eigenvalue weighted by Crippen LogP contribution is 2.20. The normalized spacial score (nSPS) is 12.8. The van der Waals surface area contributed by atoms with Crippen LogP contribution in [0.3, 0.4) is 0 Å². The van der Waals surface area contributed by atoms with Crippen LogP contribution >= 0.6 is 35.0 Å². The van der Waals surface area contributed by atoms with E-state index in [4.69, 9.17) is 23.2 Å². The lowest BCUT2D eigenvalue weighted by Gasteiger charge is -2.11. The van der Waals surface area contributed by atoms with E-state index in [2.05, 4.69) is 18.5 Å². The Kier molecular flexibility index (Phi) is 6.59. The van der Waals surface area contributed by atoms with Gasteiger partial charge in [-0.1, -0.05) is 36.2 Å². The molecule has 1 atom stereocenters. The fourth-order valence-electron chi connectivity index (χ4n) is 1.46. The Morgan fingerprint density at radius 2 is 2.12 bits per heavy atom. The first-order valence-electron chi connectivity index (χ1n) is 5.27. The number of rotatable bonds is 6. The fourth-order valence-corrected chi connectivity index (χ4v) is 2.62. The molecule has 90 valence electrons. The Balaban J connectivity index is 2.37. The summed E-state index contributed by atoms with van der Waals surface area (Å²) >= 11 is 13.8. The number of hydrogen-bond acceptors (Lipinski definition) is 2. The molecular weight excluding hydrogens is 261 g/mol. The molecule has 1 unspecified atom stereocenters. The number of thioether (sulfide) groups is 1. The first-order chi connectivity index (χ1) is 7.63. The van der Waals surface area contributed by atoms with Gasteiger partial charge in [-0.3, -0.25) is 0 Å². The number of benzene rings is 1. The third kappa shape index (κ3) is 4.96. The van der Waals surface area contributed by atoms with E-state index in [1.807, 2.05) is 23.9 Å². The van der Waals surface area contributed by atoms with Crippen LogP contribution in [0.25, 0.3) is 0 Å². The second kappa shape index (κ2) is 7.44. The predicted octanol–water partition coefficient (Wildman–Crippen LogP) is 4.08. The van der Waals surface area contributed by atoms with Gasteiger partial charge >= 0.3 is 0 Å². The maximum Gasteiger partial charge on any atom is 0.0465 e. The molecule has 1 aromatic rings. The summed E-state index contributed by atoms with van der Waals surface area (Å²) < 4.78 is 0. The maximum atomic E-state index is 6.08. The lowest BCUT2D eigenvalue weighted by Crippen LogP contribution is -2.22. The van der Waals surface area contributed by atoms with Crippen LogP contribution in [0, 0.1) is 5.92 Å². The van der Waals surface area contributed by atoms with Gasteiger partial charge in [0.25, 0.3) is 0 Å². The predicted molar refractivity (Wildman–Crippen MR) is 75.7 cm³/mol. The van der Waals surface area contributed by atoms with Gasteiger partial charge in [-0.15, -0.1) is 0 Å². The van der Waals surface area contributed by atoms with Crippen molar-refractivity contribution in [1.82, 2.24) is 5.32 Å². The fraction of sp³-hybridized carbons (Fsp3) is 0.500. The molecule has 1 rings (SSSR count). The summed E-state index contributed by atoms with van der Waals surface area (Å²) in [5.74, 6) is 1.86. The van der Waals surface area contributed by atoms with Crippen molar-refractivity contribution in [2.45, 2.75) is 13.5 Å². The average molecular weight is 278 g/mol. The lowest BCUT2D eigenvalue weighted by molar-refractivity contribution is 0.559. The van der Waals surface area contributed by atoms with Crippen LogP contribution < -0.4 is 5.32 Å². The summed E-state index contributed by atoms with van der Waals surface area (Å²) in [5, 5.41) is 4.82. The minimum atomic E-state index is 0.682. The molecular formula is C12H17Cl2NS. The van der Waals surface area contributed by atoms with Crippen molar-refractivity contribution in [2.24, 2.45) is 5.92 Å². The standard InChI is InChI=1S/C12H17Cl2NS/c1-9(8-16-2)6-15-7-10-3-4-11(13)5-12(10)14/h3-5,9,15H,6-8H2,1-2H3. The van der Waals surface area contributed by atoms with Gasteiger partial charge in [0, 0.05) is 16.6 Å². The molecule has 0 aliphatic heterocycles. The topological polar surface area (TPSA) is 12.0 Å². The molecule has 0 aromatic heterocycles. The first kappa shape index (κ1) is 14.2. The highest BCUT2D eigenvalue weighted by atomic mass is 35.5. The molecule has 16 heavy (non-hydrogen) atoms. The molecule has 1 aromatic carbocycles. The summed E-state index contributed by atoms with van der Waals surface area (Å²) in [4.78, 5) is 0. The van der Waals surface area contributed by atoms with E-state index < -0.39 is 0 Å². The zero-order valence-electron chi connectivity index (χ0n) is 9.59. The molecule has 0 fully saturated rings. The van der Waals surface area contributed by atoms with Crippen molar-refractivity contribution >= 4 is 35.0 Å². The monoisotopic (exact) mass is 277 g/mol. The summed E-state index contributed by atoms with van der Waals surface area (Å²) in [5.41, 5.74) is 1.10. The zero-order valence-corrected chi connectivity index (χ0v) is 11.9. The Bertz CT molecular complexity index is 331. The van der Waals surface area contributed by atoms with Gasteiger partial charge in [0.05, 0.1) is 0 Å². The number of hydrogen-bond donors (Lipinski definition) is 1. The third-order valence-electron chi connectivity index (χ3n) is 2.27. The van der Waals surface area contributed by atoms with Crippen molar-refractivity contribution in [2.75, 3.05) is 18.6 Å². The summed E-state index contributed by atoms with van der Waals surface area (Å²) in [6, 6.07) is 5.62. The molecule has 0 bridgehead atoms. The van der Waals surface area contributed by atoms with Gasteiger partial charge in [0.2, 0.25) is 0 Å². The molecule has 0 aliphatic rings. The van der Waals surface area contributed by atoms with Gasteiger partial charge in [-0.2, -0.15) is 11.8 Å². The average Bonchev–Trinajstić information content (AvgIpc) is 2.22. The molecule has 0 aliphatic carbocycles. The van der Waals surface area contributed by atoms with Gasteiger partial charge in [-0.25, -0.2) is 0 Å². The highest BCUT2D eigenvalue weighted by molar-refractivity contribution is 7.98. The summed E-state index contributed by atoms with van der Waals surface area (Å²) in [6.45, 7) is 4.06. The van der Waals surface area contributed by atoms with Crippen molar-refractivity contribution in [3.8, 4) is 0 Å². The molecule has 0 saturated carbocycles. The van der Waals surface area contributed by atoms with E-state index in [-0.39, 0.29) is 0 Å². The Morgan fingerprint density at radius 1 is 1.38 bits per heavy atom. The number of nitrogens with one attached hydrogen (secondary N) is 1. The van der Waals surface area contributed by atoms with E-state index in [9.17, 15) is 0 Å². The molecule has 0 amide bonds. The summed E-state index contributed by atoms with van der Waals surface area (Å²) in [6.07, 6.45) is 2.13. The molecule has 1 nitrogen and oxygen atoms in total. The van der Waals surface area contributed by atoms with E-state index >= 15 is 0 Å². The zero-order chi connectivity index (χ0) is 12.0. The van der Waals surface area contributed by atoms with E-state index in [0.717, 1.165) is 23.7 Å². The Morgan fingerprint density at radius 3 is 2.75 bits per heavy atom. The van der Waals surface area contributed by atoms with Gasteiger partial charge in [0.1, 0.15) is 0 Å². The van der Waals surface area contributed by atoms with Crippen LogP contribution in [0.2, 0.25) is 10.0 Å². The van der Waals surface area contributed by atoms with Crippen LogP contribution in [0.5, 0.6) is 0 Å². The van der Waals surface area contributed by atoms with Crippen LogP contribution in [-0.2, 0) is 6.54 Å². The third-order valence-corrected chi connectivity index (χ3v) is 3.76. The van der Waals surface area contributed by atoms with Crippen molar-refractivity contribution in [1.29, 1.82) is 0 Å². The Hall–Kier alpha value is 0.110. The summed E-state index contributed by atoms with van der Waals surface area (Å²) in [7, 11) is 0. The van der Waals surface area contributed by atoms with Crippen LogP contribution in [-0.4, -0.2) is 18.6 Å². The van der Waals surface area contributed by atoms with Crippen molar-refractivity contribution in [3.63, 3.8) is 0 Å². The van der Waals surface area contributed by atoms with Crippen LogP contribution in [0.15, 0.2) is 18.2 Å². The van der Waals surface area contributed by atoms with Crippen LogP contribution in [0.4, 0.5) is 0 Å². The molecule has 4 heteroatoms. The smallest absolute Gasteiger partial charge is 0.0465 e. The SMILES string of the molecule is CSCC(C)CNCc1ccc(Cl)cc1Cl. The minimum absolute atomic E-state index is 0.682. The van der Waals surface area contributed by atoms with Gasteiger partial charge < -0.3 is 5.32 Å². The second-order valence-electron chi connectivity index (χ2n) is 3.93. The molecule has 0 saturated heterocycles. The Labute approximate surface area is 112 Å². The second-order valence-corrected chi connectivity index (χ2v) is 5.68. The van der Waals surface area contributed by atoms with E-state index in [1.165, 1.54) is 5.75 Å². The quantitative estimate of drug-likeness (QED) is 0.841.